The number of ether oxygens (including phenoxy) is 1. The molecule has 1 amide bonds. The fourth-order valence-electron chi connectivity index (χ4n) is 1.65. The molecular formula is C14H14ClN3O4. The molecule has 0 aliphatic carbocycles. The van der Waals surface area contributed by atoms with E-state index in [-0.39, 0.29) is 17.1 Å². The number of hydrogen-bond acceptors (Lipinski definition) is 6. The van der Waals surface area contributed by atoms with E-state index in [1.165, 1.54) is 25.1 Å². The number of halogens is 1. The van der Waals surface area contributed by atoms with E-state index in [0.717, 1.165) is 0 Å². The maximum Gasteiger partial charge on any atom is 0.341 e. The number of carbonyl (C=O) groups excluding carboxylic acids is 2. The number of aromatic nitrogens is 1. The highest BCUT2D eigenvalue weighted by molar-refractivity contribution is 6.31. The minimum atomic E-state index is -1.03. The molecule has 7 nitrogen and oxygen atoms in total. The predicted molar refractivity (Wildman–Crippen MR) is 80.6 cm³/mol. The van der Waals surface area contributed by atoms with Crippen LogP contribution in [0.1, 0.15) is 23.0 Å². The summed E-state index contributed by atoms with van der Waals surface area (Å²) < 4.78 is 9.89. The van der Waals surface area contributed by atoms with Crippen LogP contribution in [0.15, 0.2) is 28.8 Å². The minimum absolute atomic E-state index is 0.140. The fourth-order valence-corrected chi connectivity index (χ4v) is 1.83. The van der Waals surface area contributed by atoms with Gasteiger partial charge < -0.3 is 20.3 Å². The number of carbonyl (C=O) groups is 2. The second-order valence-corrected chi connectivity index (χ2v) is 5.03. The first kappa shape index (κ1) is 15.8. The van der Waals surface area contributed by atoms with Crippen LogP contribution < -0.4 is 11.1 Å². The average Bonchev–Trinajstić information content (AvgIpc) is 2.83. The number of esters is 1. The first-order chi connectivity index (χ1) is 10.4. The van der Waals surface area contributed by atoms with Gasteiger partial charge in [0.2, 0.25) is 0 Å². The van der Waals surface area contributed by atoms with Crippen LogP contribution in [-0.2, 0) is 9.53 Å². The quantitative estimate of drug-likeness (QED) is 0.660. The molecule has 0 fully saturated rings. The molecule has 0 saturated heterocycles. The second kappa shape index (κ2) is 6.48. The van der Waals surface area contributed by atoms with Gasteiger partial charge >= 0.3 is 5.97 Å². The lowest BCUT2D eigenvalue weighted by atomic mass is 10.2. The number of rotatable bonds is 4. The van der Waals surface area contributed by atoms with Crippen molar-refractivity contribution < 1.29 is 18.8 Å². The number of aryl methyl sites for hydroxylation is 1. The van der Waals surface area contributed by atoms with E-state index in [2.05, 4.69) is 10.5 Å². The van der Waals surface area contributed by atoms with Gasteiger partial charge in [0.1, 0.15) is 5.76 Å². The highest BCUT2D eigenvalue weighted by atomic mass is 35.5. The summed E-state index contributed by atoms with van der Waals surface area (Å²) in [6.07, 6.45) is -1.03. The normalized spacial score (nSPS) is 11.8. The Bertz CT molecular complexity index is 714. The molecule has 3 N–H and O–H groups in total. The Balaban J connectivity index is 1.99. The number of nitrogens with two attached hydrogens (primary N) is 1. The molecule has 0 unspecified atom stereocenters. The maximum atomic E-state index is 12.0. The molecule has 1 atom stereocenters. The van der Waals surface area contributed by atoms with E-state index in [9.17, 15) is 9.59 Å². The van der Waals surface area contributed by atoms with Gasteiger partial charge in [-0.05, 0) is 32.0 Å². The van der Waals surface area contributed by atoms with Crippen LogP contribution in [0.5, 0.6) is 0 Å². The van der Waals surface area contributed by atoms with Gasteiger partial charge in [-0.2, -0.15) is 0 Å². The van der Waals surface area contributed by atoms with Gasteiger partial charge in [-0.1, -0.05) is 16.8 Å². The Morgan fingerprint density at radius 1 is 1.41 bits per heavy atom. The van der Waals surface area contributed by atoms with Crippen LogP contribution in [0.25, 0.3) is 0 Å². The zero-order valence-electron chi connectivity index (χ0n) is 11.9. The summed E-state index contributed by atoms with van der Waals surface area (Å²) in [5.41, 5.74) is 6.01. The van der Waals surface area contributed by atoms with E-state index in [0.29, 0.717) is 10.8 Å². The summed E-state index contributed by atoms with van der Waals surface area (Å²) in [6, 6.07) is 5.92. The molecule has 0 aliphatic rings. The molecule has 0 aliphatic heterocycles. The number of anilines is 2. The molecule has 116 valence electrons. The fraction of sp³-hybridized carbons (Fsp3) is 0.214. The first-order valence-corrected chi connectivity index (χ1v) is 6.75. The number of amides is 1. The second-order valence-electron chi connectivity index (χ2n) is 4.59. The summed E-state index contributed by atoms with van der Waals surface area (Å²) in [5.74, 6) is -0.451. The molecule has 0 saturated carbocycles. The highest BCUT2D eigenvalue weighted by Gasteiger charge is 2.21. The van der Waals surface area contributed by atoms with Crippen molar-refractivity contribution in [1.29, 1.82) is 0 Å². The number of nitrogens with zero attached hydrogens (tertiary/aromatic N) is 1. The van der Waals surface area contributed by atoms with E-state index >= 15 is 0 Å². The van der Waals surface area contributed by atoms with Gasteiger partial charge in [0.05, 0.1) is 5.56 Å². The zero-order chi connectivity index (χ0) is 16.3. The Labute approximate surface area is 131 Å². The smallest absolute Gasteiger partial charge is 0.341 e. The average molecular weight is 324 g/mol. The zero-order valence-corrected chi connectivity index (χ0v) is 12.7. The van der Waals surface area contributed by atoms with E-state index in [4.69, 9.17) is 26.6 Å². The van der Waals surface area contributed by atoms with Crippen molar-refractivity contribution in [2.24, 2.45) is 0 Å². The lowest BCUT2D eigenvalue weighted by molar-refractivity contribution is -0.123. The third-order valence-corrected chi connectivity index (χ3v) is 3.00. The molecular weight excluding hydrogens is 310 g/mol. The van der Waals surface area contributed by atoms with Crippen molar-refractivity contribution in [3.05, 3.63) is 40.6 Å². The highest BCUT2D eigenvalue weighted by Crippen LogP contribution is 2.19. The van der Waals surface area contributed by atoms with Gasteiger partial charge in [-0.3, -0.25) is 4.79 Å². The first-order valence-electron chi connectivity index (χ1n) is 6.37. The Hall–Kier alpha value is -2.54. The van der Waals surface area contributed by atoms with Gasteiger partial charge in [0.25, 0.3) is 5.91 Å². The molecule has 8 heteroatoms. The summed E-state index contributed by atoms with van der Waals surface area (Å²) in [6.45, 7) is 3.13. The van der Waals surface area contributed by atoms with Crippen LogP contribution in [-0.4, -0.2) is 23.1 Å². The summed E-state index contributed by atoms with van der Waals surface area (Å²) in [7, 11) is 0. The monoisotopic (exact) mass is 323 g/mol. The van der Waals surface area contributed by atoms with Gasteiger partial charge in [0.15, 0.2) is 11.9 Å². The largest absolute Gasteiger partial charge is 0.449 e. The molecule has 22 heavy (non-hydrogen) atoms. The minimum Gasteiger partial charge on any atom is -0.449 e. The predicted octanol–water partition coefficient (Wildman–Crippen LogP) is 2.40. The van der Waals surface area contributed by atoms with Crippen LogP contribution in [0.2, 0.25) is 5.02 Å². The summed E-state index contributed by atoms with van der Waals surface area (Å²) in [5, 5.41) is 6.49. The van der Waals surface area contributed by atoms with Gasteiger partial charge in [-0.15, -0.1) is 0 Å². The van der Waals surface area contributed by atoms with Crippen molar-refractivity contribution >= 4 is 35.0 Å². The standard InChI is InChI=1S/C14H14ClN3O4/c1-7-5-12(18-22-7)17-13(19)8(2)21-14(20)10-4-3-9(15)6-11(10)16/h3-6,8H,16H2,1-2H3,(H,17,18,19)/t8-/m1/s1. The topological polar surface area (TPSA) is 107 Å². The van der Waals surface area contributed by atoms with Gasteiger partial charge in [-0.25, -0.2) is 4.79 Å². The molecule has 1 heterocycles. The summed E-state index contributed by atoms with van der Waals surface area (Å²) in [4.78, 5) is 23.9. The van der Waals surface area contributed by atoms with Crippen LogP contribution in [0.4, 0.5) is 11.5 Å². The molecule has 1 aromatic carbocycles. The number of nitrogen functional groups attached to an aromatic ring is 1. The molecule has 1 aromatic heterocycles. The molecule has 2 aromatic rings. The Kier molecular flexibility index (Phi) is 4.67. The molecule has 0 spiro atoms. The van der Waals surface area contributed by atoms with E-state index < -0.39 is 18.0 Å². The van der Waals surface area contributed by atoms with E-state index in [1.54, 1.807) is 13.0 Å². The van der Waals surface area contributed by atoms with Crippen molar-refractivity contribution in [3.63, 3.8) is 0 Å². The van der Waals surface area contributed by atoms with Crippen LogP contribution in [0.3, 0.4) is 0 Å². The third-order valence-electron chi connectivity index (χ3n) is 2.77. The number of benzene rings is 1. The molecule has 0 radical (unpaired) electrons. The van der Waals surface area contributed by atoms with Crippen LogP contribution >= 0.6 is 11.6 Å². The Morgan fingerprint density at radius 2 is 2.14 bits per heavy atom. The number of nitrogens with one attached hydrogen (secondary N) is 1. The third kappa shape index (κ3) is 3.76. The number of hydrogen-bond donors (Lipinski definition) is 2. The van der Waals surface area contributed by atoms with Crippen molar-refractivity contribution in [2.45, 2.75) is 20.0 Å². The lowest BCUT2D eigenvalue weighted by Gasteiger charge is -2.13. The van der Waals surface area contributed by atoms with Gasteiger partial charge in [0, 0.05) is 16.8 Å². The molecule has 2 rings (SSSR count). The SMILES string of the molecule is Cc1cc(NC(=O)[C@@H](C)OC(=O)c2ccc(Cl)cc2N)no1. The lowest BCUT2D eigenvalue weighted by Crippen LogP contribution is -2.30. The van der Waals surface area contributed by atoms with Crippen molar-refractivity contribution in [1.82, 2.24) is 5.16 Å². The van der Waals surface area contributed by atoms with Crippen LogP contribution in [0, 0.1) is 6.92 Å². The van der Waals surface area contributed by atoms with Crippen molar-refractivity contribution in [2.75, 3.05) is 11.1 Å². The Morgan fingerprint density at radius 3 is 2.73 bits per heavy atom. The summed E-state index contributed by atoms with van der Waals surface area (Å²) >= 11 is 5.76. The van der Waals surface area contributed by atoms with Crippen molar-refractivity contribution in [3.8, 4) is 0 Å². The van der Waals surface area contributed by atoms with E-state index in [1.807, 2.05) is 0 Å². The maximum absolute atomic E-state index is 12.0. The molecule has 0 bridgehead atoms.